The molecule has 8 heteroatoms. The Morgan fingerprint density at radius 1 is 1.29 bits per heavy atom. The van der Waals surface area contributed by atoms with Crippen molar-refractivity contribution in [2.75, 3.05) is 13.8 Å². The second-order valence-corrected chi connectivity index (χ2v) is 6.17. The first-order chi connectivity index (χ1) is 11.7. The Labute approximate surface area is 141 Å². The fraction of sp³-hybridized carbons (Fsp3) is 0.188. The van der Waals surface area contributed by atoms with Gasteiger partial charge in [0.15, 0.2) is 11.5 Å². The van der Waals surface area contributed by atoms with Gasteiger partial charge in [-0.3, -0.25) is 4.79 Å². The molecule has 4 rings (SSSR count). The molecule has 3 aromatic rings. The summed E-state index contributed by atoms with van der Waals surface area (Å²) >= 11 is 1.53. The summed E-state index contributed by atoms with van der Waals surface area (Å²) in [5, 5.41) is 5.89. The van der Waals surface area contributed by atoms with Gasteiger partial charge in [0.05, 0.1) is 11.4 Å². The Kier molecular flexibility index (Phi) is 3.66. The van der Waals surface area contributed by atoms with Gasteiger partial charge in [-0.25, -0.2) is 0 Å². The molecule has 0 atom stereocenters. The molecule has 0 fully saturated rings. The highest BCUT2D eigenvalue weighted by molar-refractivity contribution is 7.13. The first-order valence-electron chi connectivity index (χ1n) is 7.22. The minimum atomic E-state index is -0.163. The number of benzene rings is 1. The van der Waals surface area contributed by atoms with Crippen molar-refractivity contribution in [3.8, 4) is 22.2 Å². The van der Waals surface area contributed by atoms with E-state index in [1.165, 1.54) is 16.2 Å². The third-order valence-corrected chi connectivity index (χ3v) is 4.41. The number of ether oxygens (including phenoxy) is 2. The van der Waals surface area contributed by atoms with Crippen LogP contribution >= 0.6 is 11.3 Å². The average molecular weight is 343 g/mol. The zero-order valence-corrected chi connectivity index (χ0v) is 13.6. The minimum Gasteiger partial charge on any atom is -0.454 e. The van der Waals surface area contributed by atoms with E-state index in [-0.39, 0.29) is 19.2 Å². The van der Waals surface area contributed by atoms with E-state index in [4.69, 9.17) is 14.0 Å². The molecule has 0 spiro atoms. The summed E-state index contributed by atoms with van der Waals surface area (Å²) in [6.45, 7) is 0.405. The van der Waals surface area contributed by atoms with Gasteiger partial charge in [-0.1, -0.05) is 11.2 Å². The lowest BCUT2D eigenvalue weighted by Gasteiger charge is -2.14. The molecule has 1 amide bonds. The lowest BCUT2D eigenvalue weighted by Crippen LogP contribution is -2.26. The SMILES string of the molecule is CN(Cc1nc(-c2cccs2)no1)C(=O)c1ccc2c(c1)OCO2. The van der Waals surface area contributed by atoms with Crippen molar-refractivity contribution < 1.29 is 18.8 Å². The maximum atomic E-state index is 12.5. The molecule has 7 nitrogen and oxygen atoms in total. The second-order valence-electron chi connectivity index (χ2n) is 5.22. The van der Waals surface area contributed by atoms with Gasteiger partial charge in [-0.2, -0.15) is 4.98 Å². The van der Waals surface area contributed by atoms with E-state index in [9.17, 15) is 4.79 Å². The monoisotopic (exact) mass is 343 g/mol. The molecule has 122 valence electrons. The first kappa shape index (κ1) is 14.7. The van der Waals surface area contributed by atoms with Crippen LogP contribution in [-0.4, -0.2) is 34.8 Å². The van der Waals surface area contributed by atoms with Crippen LogP contribution in [0.25, 0.3) is 10.7 Å². The third kappa shape index (κ3) is 2.71. The highest BCUT2D eigenvalue weighted by Crippen LogP contribution is 2.32. The van der Waals surface area contributed by atoms with Crippen LogP contribution in [0.2, 0.25) is 0 Å². The van der Waals surface area contributed by atoms with Crippen LogP contribution in [0.4, 0.5) is 0 Å². The lowest BCUT2D eigenvalue weighted by atomic mass is 10.2. The number of rotatable bonds is 4. The smallest absolute Gasteiger partial charge is 0.254 e. The Balaban J connectivity index is 1.48. The molecule has 3 heterocycles. The zero-order chi connectivity index (χ0) is 16.5. The molecule has 1 aliphatic heterocycles. The predicted molar refractivity (Wildman–Crippen MR) is 86.0 cm³/mol. The van der Waals surface area contributed by atoms with E-state index in [1.807, 2.05) is 17.5 Å². The average Bonchev–Trinajstić information content (AvgIpc) is 3.33. The summed E-state index contributed by atoms with van der Waals surface area (Å²) in [6, 6.07) is 8.94. The van der Waals surface area contributed by atoms with E-state index in [0.717, 1.165) is 4.88 Å². The van der Waals surface area contributed by atoms with E-state index in [0.29, 0.717) is 28.8 Å². The van der Waals surface area contributed by atoms with Gasteiger partial charge in [0.2, 0.25) is 18.5 Å². The van der Waals surface area contributed by atoms with Crippen LogP contribution in [-0.2, 0) is 6.54 Å². The van der Waals surface area contributed by atoms with Crippen molar-refractivity contribution in [3.05, 3.63) is 47.2 Å². The van der Waals surface area contributed by atoms with Gasteiger partial charge in [0.1, 0.15) is 0 Å². The van der Waals surface area contributed by atoms with Gasteiger partial charge in [-0.15, -0.1) is 11.3 Å². The predicted octanol–water partition coefficient (Wildman–Crippen LogP) is 2.80. The molecule has 0 radical (unpaired) electrons. The number of carbonyl (C=O) groups excluding carboxylic acids is 1. The molecule has 1 aromatic carbocycles. The number of carbonyl (C=O) groups is 1. The van der Waals surface area contributed by atoms with Crippen molar-refractivity contribution in [1.82, 2.24) is 15.0 Å². The van der Waals surface area contributed by atoms with Crippen molar-refractivity contribution in [2.24, 2.45) is 0 Å². The molecule has 1 aliphatic rings. The van der Waals surface area contributed by atoms with E-state index >= 15 is 0 Å². The number of fused-ring (bicyclic) bond motifs is 1. The summed E-state index contributed by atoms with van der Waals surface area (Å²) < 4.78 is 15.8. The van der Waals surface area contributed by atoms with Crippen molar-refractivity contribution in [1.29, 1.82) is 0 Å². The lowest BCUT2D eigenvalue weighted by molar-refractivity contribution is 0.0769. The van der Waals surface area contributed by atoms with E-state index in [2.05, 4.69) is 10.1 Å². The number of aromatic nitrogens is 2. The first-order valence-corrected chi connectivity index (χ1v) is 8.10. The second kappa shape index (κ2) is 5.97. The molecule has 0 bridgehead atoms. The van der Waals surface area contributed by atoms with Crippen LogP contribution in [0.3, 0.4) is 0 Å². The molecule has 0 saturated carbocycles. The Morgan fingerprint density at radius 3 is 3.00 bits per heavy atom. The van der Waals surface area contributed by atoms with Gasteiger partial charge in [0.25, 0.3) is 5.91 Å². The van der Waals surface area contributed by atoms with Crippen molar-refractivity contribution >= 4 is 17.2 Å². The fourth-order valence-electron chi connectivity index (χ4n) is 2.35. The number of nitrogens with zero attached hydrogens (tertiary/aromatic N) is 3. The molecule has 0 aliphatic carbocycles. The highest BCUT2D eigenvalue weighted by atomic mass is 32.1. The third-order valence-electron chi connectivity index (χ3n) is 3.55. The zero-order valence-electron chi connectivity index (χ0n) is 12.8. The Hall–Kier alpha value is -2.87. The number of hydrogen-bond acceptors (Lipinski definition) is 7. The Bertz CT molecular complexity index is 875. The van der Waals surface area contributed by atoms with Crippen LogP contribution in [0.15, 0.2) is 40.2 Å². The molecule has 0 saturated heterocycles. The number of thiophene rings is 1. The van der Waals surface area contributed by atoms with Crippen molar-refractivity contribution in [2.45, 2.75) is 6.54 Å². The van der Waals surface area contributed by atoms with E-state index in [1.54, 1.807) is 25.2 Å². The maximum absolute atomic E-state index is 12.5. The van der Waals surface area contributed by atoms with Gasteiger partial charge < -0.3 is 18.9 Å². The topological polar surface area (TPSA) is 77.7 Å². The van der Waals surface area contributed by atoms with Gasteiger partial charge in [-0.05, 0) is 29.6 Å². The molecule has 0 unspecified atom stereocenters. The minimum absolute atomic E-state index is 0.163. The summed E-state index contributed by atoms with van der Waals surface area (Å²) in [4.78, 5) is 19.3. The van der Waals surface area contributed by atoms with Crippen LogP contribution in [0.5, 0.6) is 11.5 Å². The molecule has 24 heavy (non-hydrogen) atoms. The number of amides is 1. The summed E-state index contributed by atoms with van der Waals surface area (Å²) in [5.41, 5.74) is 0.514. The van der Waals surface area contributed by atoms with Gasteiger partial charge in [0, 0.05) is 12.6 Å². The molecule has 2 aromatic heterocycles. The van der Waals surface area contributed by atoms with Crippen LogP contribution < -0.4 is 9.47 Å². The van der Waals surface area contributed by atoms with E-state index < -0.39 is 0 Å². The summed E-state index contributed by atoms with van der Waals surface area (Å²) in [7, 11) is 1.68. The normalized spacial score (nSPS) is 12.4. The number of hydrogen-bond donors (Lipinski definition) is 0. The fourth-order valence-corrected chi connectivity index (χ4v) is 3.00. The molecular weight excluding hydrogens is 330 g/mol. The maximum Gasteiger partial charge on any atom is 0.254 e. The Morgan fingerprint density at radius 2 is 2.17 bits per heavy atom. The molecular formula is C16H13N3O4S. The van der Waals surface area contributed by atoms with Crippen molar-refractivity contribution in [3.63, 3.8) is 0 Å². The van der Waals surface area contributed by atoms with Crippen LogP contribution in [0, 0.1) is 0 Å². The standard InChI is InChI=1S/C16H13N3O4S/c1-19(8-14-17-15(18-23-14)13-3-2-6-24-13)16(20)10-4-5-11-12(7-10)22-9-21-11/h2-7H,8-9H2,1H3. The van der Waals surface area contributed by atoms with Crippen LogP contribution in [0.1, 0.15) is 16.2 Å². The van der Waals surface area contributed by atoms with Gasteiger partial charge >= 0.3 is 0 Å². The molecule has 0 N–H and O–H groups in total. The summed E-state index contributed by atoms with van der Waals surface area (Å²) in [5.74, 6) is 1.97. The largest absolute Gasteiger partial charge is 0.454 e. The summed E-state index contributed by atoms with van der Waals surface area (Å²) in [6.07, 6.45) is 0. The quantitative estimate of drug-likeness (QED) is 0.725. The highest BCUT2D eigenvalue weighted by Gasteiger charge is 2.20.